The molecule has 0 bridgehead atoms. The van der Waals surface area contributed by atoms with Gasteiger partial charge in [-0.25, -0.2) is 4.79 Å². The van der Waals surface area contributed by atoms with E-state index in [9.17, 15) is 18.0 Å². The summed E-state index contributed by atoms with van der Waals surface area (Å²) in [5.74, 6) is 0. The van der Waals surface area contributed by atoms with E-state index < -0.39 is 23.9 Å². The van der Waals surface area contributed by atoms with E-state index in [0.29, 0.717) is 25.9 Å². The van der Waals surface area contributed by atoms with Crippen molar-refractivity contribution in [3.63, 3.8) is 0 Å². The van der Waals surface area contributed by atoms with Gasteiger partial charge in [0.05, 0.1) is 6.07 Å². The molecule has 0 aliphatic carbocycles. The zero-order valence-corrected chi connectivity index (χ0v) is 16.6. The SMILES string of the molecule is CC(C)(C)OC(=O)NC(CCN(CCCC#N)Cc1ccccc1)C(F)(F)F. The van der Waals surface area contributed by atoms with E-state index in [2.05, 4.69) is 0 Å². The van der Waals surface area contributed by atoms with E-state index in [1.165, 1.54) is 0 Å². The maximum Gasteiger partial charge on any atom is 0.408 e. The number of alkyl carbamates (subject to hydrolysis) is 1. The second kappa shape index (κ2) is 10.9. The third-order valence-electron chi connectivity index (χ3n) is 3.83. The minimum absolute atomic E-state index is 0.125. The molecule has 0 aliphatic heterocycles. The fourth-order valence-corrected chi connectivity index (χ4v) is 2.57. The van der Waals surface area contributed by atoms with Crippen LogP contribution in [-0.2, 0) is 11.3 Å². The van der Waals surface area contributed by atoms with Crippen LogP contribution in [0.25, 0.3) is 0 Å². The minimum atomic E-state index is -4.58. The van der Waals surface area contributed by atoms with Crippen LogP contribution in [0.3, 0.4) is 0 Å². The highest BCUT2D eigenvalue weighted by Gasteiger charge is 2.41. The van der Waals surface area contributed by atoms with Crippen molar-refractivity contribution >= 4 is 6.09 Å². The van der Waals surface area contributed by atoms with Gasteiger partial charge < -0.3 is 10.1 Å². The summed E-state index contributed by atoms with van der Waals surface area (Å²) in [6.07, 6.45) is -5.07. The zero-order valence-electron chi connectivity index (χ0n) is 16.6. The first-order chi connectivity index (χ1) is 13.0. The molecule has 1 unspecified atom stereocenters. The number of alkyl halides is 3. The van der Waals surface area contributed by atoms with Crippen molar-refractivity contribution in [1.29, 1.82) is 5.26 Å². The number of rotatable bonds is 9. The van der Waals surface area contributed by atoms with Crippen molar-refractivity contribution in [2.75, 3.05) is 13.1 Å². The Morgan fingerprint density at radius 1 is 1.21 bits per heavy atom. The number of ether oxygens (including phenoxy) is 1. The molecule has 0 aromatic heterocycles. The summed E-state index contributed by atoms with van der Waals surface area (Å²) in [5.41, 5.74) is 0.0970. The van der Waals surface area contributed by atoms with Crippen molar-refractivity contribution in [3.8, 4) is 6.07 Å². The molecule has 1 amide bonds. The molecule has 0 spiro atoms. The van der Waals surface area contributed by atoms with E-state index in [-0.39, 0.29) is 13.0 Å². The first kappa shape index (κ1) is 23.8. The maximum atomic E-state index is 13.4. The summed E-state index contributed by atoms with van der Waals surface area (Å²) in [5, 5.41) is 10.6. The average Bonchev–Trinajstić information content (AvgIpc) is 2.56. The first-order valence-electron chi connectivity index (χ1n) is 9.20. The zero-order chi connectivity index (χ0) is 21.2. The molecule has 1 aromatic carbocycles. The molecule has 0 saturated heterocycles. The number of nitrogens with one attached hydrogen (secondary N) is 1. The van der Waals surface area contributed by atoms with E-state index in [0.717, 1.165) is 5.56 Å². The quantitative estimate of drug-likeness (QED) is 0.615. The Morgan fingerprint density at radius 3 is 2.39 bits per heavy atom. The van der Waals surface area contributed by atoms with Crippen LogP contribution in [-0.4, -0.2) is 41.9 Å². The molecule has 0 fully saturated rings. The Hall–Kier alpha value is -2.27. The van der Waals surface area contributed by atoms with Gasteiger partial charge in [-0.15, -0.1) is 0 Å². The molecule has 5 nitrogen and oxygen atoms in total. The predicted octanol–water partition coefficient (Wildman–Crippen LogP) is 4.64. The maximum absolute atomic E-state index is 13.4. The van der Waals surface area contributed by atoms with Gasteiger partial charge in [0.2, 0.25) is 0 Å². The van der Waals surface area contributed by atoms with E-state index >= 15 is 0 Å². The molecule has 0 aliphatic rings. The number of benzene rings is 1. The summed E-state index contributed by atoms with van der Waals surface area (Å²) >= 11 is 0. The van der Waals surface area contributed by atoms with Crippen molar-refractivity contribution in [3.05, 3.63) is 35.9 Å². The van der Waals surface area contributed by atoms with Gasteiger partial charge in [0.25, 0.3) is 0 Å². The van der Waals surface area contributed by atoms with Gasteiger partial charge >= 0.3 is 12.3 Å². The molecule has 0 saturated carbocycles. The molecular weight excluding hydrogens is 371 g/mol. The molecule has 0 radical (unpaired) electrons. The lowest BCUT2D eigenvalue weighted by atomic mass is 10.1. The average molecular weight is 399 g/mol. The summed E-state index contributed by atoms with van der Waals surface area (Å²) in [6.45, 7) is 5.87. The van der Waals surface area contributed by atoms with Crippen LogP contribution >= 0.6 is 0 Å². The third kappa shape index (κ3) is 10.2. The lowest BCUT2D eigenvalue weighted by molar-refractivity contribution is -0.157. The number of nitrogens with zero attached hydrogens (tertiary/aromatic N) is 2. The van der Waals surface area contributed by atoms with Crippen molar-refractivity contribution in [2.45, 2.75) is 64.4 Å². The molecule has 8 heteroatoms. The van der Waals surface area contributed by atoms with Gasteiger partial charge in [0.1, 0.15) is 11.6 Å². The van der Waals surface area contributed by atoms with Gasteiger partial charge in [-0.1, -0.05) is 30.3 Å². The van der Waals surface area contributed by atoms with Crippen LogP contribution in [0.1, 0.15) is 45.6 Å². The van der Waals surface area contributed by atoms with E-state index in [1.54, 1.807) is 20.8 Å². The van der Waals surface area contributed by atoms with Gasteiger partial charge in [0, 0.05) is 19.5 Å². The molecule has 0 heterocycles. The summed E-state index contributed by atoms with van der Waals surface area (Å²) < 4.78 is 45.0. The normalized spacial score (nSPS) is 13.1. The van der Waals surface area contributed by atoms with E-state index in [4.69, 9.17) is 10.00 Å². The largest absolute Gasteiger partial charge is 0.444 e. The number of carbonyl (C=O) groups excluding carboxylic acids is 1. The summed E-state index contributed by atoms with van der Waals surface area (Å²) in [7, 11) is 0. The van der Waals surface area contributed by atoms with Crippen LogP contribution in [0.5, 0.6) is 0 Å². The Labute approximate surface area is 164 Å². The topological polar surface area (TPSA) is 65.4 Å². The number of halogens is 3. The summed E-state index contributed by atoms with van der Waals surface area (Å²) in [4.78, 5) is 13.6. The fourth-order valence-electron chi connectivity index (χ4n) is 2.57. The number of hydrogen-bond acceptors (Lipinski definition) is 4. The molecule has 156 valence electrons. The Bertz CT molecular complexity index is 637. The number of carbonyl (C=O) groups is 1. The molecular formula is C20H28F3N3O2. The molecule has 28 heavy (non-hydrogen) atoms. The van der Waals surface area contributed by atoms with Crippen LogP contribution < -0.4 is 5.32 Å². The van der Waals surface area contributed by atoms with Gasteiger partial charge in [-0.2, -0.15) is 18.4 Å². The highest BCUT2D eigenvalue weighted by molar-refractivity contribution is 5.68. The number of unbranched alkanes of at least 4 members (excludes halogenated alkanes) is 1. The third-order valence-corrected chi connectivity index (χ3v) is 3.83. The van der Waals surface area contributed by atoms with Crippen LogP contribution in [0, 0.1) is 11.3 Å². The highest BCUT2D eigenvalue weighted by Crippen LogP contribution is 2.24. The Morgan fingerprint density at radius 2 is 1.86 bits per heavy atom. The second-order valence-corrected chi connectivity index (χ2v) is 7.55. The van der Waals surface area contributed by atoms with Crippen molar-refractivity contribution in [1.82, 2.24) is 10.2 Å². The lowest BCUT2D eigenvalue weighted by Crippen LogP contribution is -2.48. The van der Waals surface area contributed by atoms with Gasteiger partial charge in [-0.05, 0) is 45.7 Å². The standard InChI is InChI=1S/C20H28F3N3O2/c1-19(2,3)28-18(27)25-17(20(21,22)23)11-14-26(13-8-7-12-24)15-16-9-5-4-6-10-16/h4-6,9-10,17H,7-8,11,13-15H2,1-3H3,(H,25,27). The molecule has 1 atom stereocenters. The van der Waals surface area contributed by atoms with Crippen molar-refractivity contribution < 1.29 is 22.7 Å². The Balaban J connectivity index is 2.74. The predicted molar refractivity (Wildman–Crippen MR) is 100 cm³/mol. The second-order valence-electron chi connectivity index (χ2n) is 7.55. The lowest BCUT2D eigenvalue weighted by Gasteiger charge is -2.28. The number of nitriles is 1. The Kier molecular flexibility index (Phi) is 9.26. The van der Waals surface area contributed by atoms with Crippen molar-refractivity contribution in [2.24, 2.45) is 0 Å². The minimum Gasteiger partial charge on any atom is -0.444 e. The molecule has 1 rings (SSSR count). The number of amides is 1. The fraction of sp³-hybridized carbons (Fsp3) is 0.600. The van der Waals surface area contributed by atoms with Gasteiger partial charge in [-0.3, -0.25) is 4.90 Å². The van der Waals surface area contributed by atoms with Crippen LogP contribution in [0.4, 0.5) is 18.0 Å². The van der Waals surface area contributed by atoms with E-state index in [1.807, 2.05) is 46.6 Å². The van der Waals surface area contributed by atoms with Crippen LogP contribution in [0.15, 0.2) is 30.3 Å². The van der Waals surface area contributed by atoms with Gasteiger partial charge in [0.15, 0.2) is 0 Å². The molecule has 1 aromatic rings. The number of hydrogen-bond donors (Lipinski definition) is 1. The first-order valence-corrected chi connectivity index (χ1v) is 9.20. The highest BCUT2D eigenvalue weighted by atomic mass is 19.4. The monoisotopic (exact) mass is 399 g/mol. The smallest absolute Gasteiger partial charge is 0.408 e. The van der Waals surface area contributed by atoms with Crippen LogP contribution in [0.2, 0.25) is 0 Å². The molecule has 1 N–H and O–H groups in total. The summed E-state index contributed by atoms with van der Waals surface area (Å²) in [6, 6.07) is 9.44.